The van der Waals surface area contributed by atoms with Crippen molar-refractivity contribution < 1.29 is 9.22 Å². The van der Waals surface area contributed by atoms with Gasteiger partial charge in [-0.2, -0.15) is 0 Å². The predicted molar refractivity (Wildman–Crippen MR) is 95.8 cm³/mol. The summed E-state index contributed by atoms with van der Waals surface area (Å²) in [6.45, 7) is 14.3. The second-order valence-corrected chi connectivity index (χ2v) is 12.0. The lowest BCUT2D eigenvalue weighted by Gasteiger charge is -2.39. The van der Waals surface area contributed by atoms with Gasteiger partial charge in [-0.3, -0.25) is 4.79 Å². The molecule has 0 N–H and O–H groups in total. The van der Waals surface area contributed by atoms with Crippen molar-refractivity contribution in [3.05, 3.63) is 57.4 Å². The van der Waals surface area contributed by atoms with E-state index in [1.54, 1.807) is 18.2 Å². The van der Waals surface area contributed by atoms with Crippen LogP contribution >= 0.6 is 11.6 Å². The molecule has 0 saturated heterocycles. The molecule has 0 fully saturated rings. The molecule has 0 aromatic heterocycles. The van der Waals surface area contributed by atoms with E-state index in [0.29, 0.717) is 10.6 Å². The summed E-state index contributed by atoms with van der Waals surface area (Å²) in [4.78, 5) is 14.5. The highest BCUT2D eigenvalue weighted by atomic mass is 35.5. The molecule has 1 unspecified atom stereocenters. The molecule has 0 spiro atoms. The molecule has 0 bridgehead atoms. The van der Waals surface area contributed by atoms with Crippen molar-refractivity contribution in [2.24, 2.45) is 5.11 Å². The lowest BCUT2D eigenvalue weighted by molar-refractivity contribution is -0.115. The lowest BCUT2D eigenvalue weighted by Crippen LogP contribution is -2.42. The number of nitrogens with zero attached hydrogens (tertiary/aromatic N) is 3. The molecule has 124 valence electrons. The van der Waals surface area contributed by atoms with Gasteiger partial charge in [-0.05, 0) is 46.5 Å². The van der Waals surface area contributed by atoms with Crippen molar-refractivity contribution in [2.75, 3.05) is 0 Å². The third-order valence-electron chi connectivity index (χ3n) is 4.10. The largest absolute Gasteiger partial charge is 0.406 e. The third kappa shape index (κ3) is 4.94. The van der Waals surface area contributed by atoms with Crippen LogP contribution in [0.25, 0.3) is 10.4 Å². The Kier molecular flexibility index (Phi) is 6.19. The Bertz CT molecular complexity index is 662. The van der Waals surface area contributed by atoms with Crippen LogP contribution in [0.3, 0.4) is 0 Å². The molecule has 0 radical (unpaired) electrons. The van der Waals surface area contributed by atoms with Crippen LogP contribution in [-0.2, 0) is 9.22 Å². The number of rotatable bonds is 5. The van der Waals surface area contributed by atoms with Crippen LogP contribution in [0.4, 0.5) is 0 Å². The van der Waals surface area contributed by atoms with Crippen LogP contribution in [0, 0.1) is 0 Å². The van der Waals surface area contributed by atoms with Crippen LogP contribution in [0.2, 0.25) is 23.2 Å². The Morgan fingerprint density at radius 2 is 2.04 bits per heavy atom. The van der Waals surface area contributed by atoms with Gasteiger partial charge in [0.15, 0.2) is 8.32 Å². The number of carbonyl (C=O) groups excluding carboxylic acids is 1. The first-order chi connectivity index (χ1) is 10.5. The molecule has 0 aliphatic rings. The van der Waals surface area contributed by atoms with E-state index in [2.05, 4.69) is 50.5 Å². The quantitative estimate of drug-likeness (QED) is 0.221. The Morgan fingerprint density at radius 1 is 1.43 bits per heavy atom. The van der Waals surface area contributed by atoms with Crippen LogP contribution in [0.15, 0.2) is 41.5 Å². The monoisotopic (exact) mass is 351 g/mol. The van der Waals surface area contributed by atoms with Crippen molar-refractivity contribution in [1.82, 2.24) is 0 Å². The number of amides is 1. The highest BCUT2D eigenvalue weighted by Crippen LogP contribution is 2.41. The average Bonchev–Trinajstić information content (AvgIpc) is 2.43. The molecular weight excluding hydrogens is 330 g/mol. The summed E-state index contributed by atoms with van der Waals surface area (Å²) in [5, 5.41) is 3.62. The van der Waals surface area contributed by atoms with E-state index in [0.717, 1.165) is 0 Å². The molecule has 23 heavy (non-hydrogen) atoms. The molecule has 0 saturated carbocycles. The van der Waals surface area contributed by atoms with Gasteiger partial charge in [0.25, 0.3) is 0 Å². The summed E-state index contributed by atoms with van der Waals surface area (Å²) in [7, 11) is -2.19. The fourth-order valence-corrected chi connectivity index (χ4v) is 3.12. The number of benzene rings is 1. The van der Waals surface area contributed by atoms with E-state index in [1.807, 2.05) is 6.07 Å². The zero-order valence-corrected chi connectivity index (χ0v) is 15.9. The smallest absolute Gasteiger partial charge is 0.247 e. The predicted octanol–water partition coefficient (Wildman–Crippen LogP) is 5.80. The third-order valence-corrected chi connectivity index (χ3v) is 8.77. The zero-order valence-electron chi connectivity index (χ0n) is 14.1. The van der Waals surface area contributed by atoms with Gasteiger partial charge in [0.2, 0.25) is 5.91 Å². The molecule has 0 aliphatic heterocycles. The van der Waals surface area contributed by atoms with Crippen molar-refractivity contribution in [1.29, 1.82) is 0 Å². The minimum atomic E-state index is -2.19. The summed E-state index contributed by atoms with van der Waals surface area (Å²) in [6.07, 6.45) is -0.687. The van der Waals surface area contributed by atoms with E-state index in [1.165, 1.54) is 0 Å². The minimum Gasteiger partial charge on any atom is -0.406 e. The molecule has 5 nitrogen and oxygen atoms in total. The van der Waals surface area contributed by atoms with Gasteiger partial charge in [0.1, 0.15) is 0 Å². The zero-order chi connectivity index (χ0) is 17.8. The van der Waals surface area contributed by atoms with Crippen LogP contribution in [0.5, 0.6) is 0 Å². The first kappa shape index (κ1) is 19.5. The van der Waals surface area contributed by atoms with E-state index < -0.39 is 20.3 Å². The molecule has 1 rings (SSSR count). The molecule has 7 heteroatoms. The molecule has 0 aliphatic carbocycles. The SMILES string of the molecule is C=C(C(=O)N=[N+]=[N-])C(O[Si](C)(C)C(C)(C)C)c1cccc(Cl)c1. The van der Waals surface area contributed by atoms with Gasteiger partial charge >= 0.3 is 0 Å². The Hall–Kier alpha value is -1.59. The number of hydrogen-bond donors (Lipinski definition) is 0. The second kappa shape index (κ2) is 7.32. The Labute approximate surface area is 143 Å². The summed E-state index contributed by atoms with van der Waals surface area (Å²) < 4.78 is 6.35. The molecule has 1 amide bonds. The maximum atomic E-state index is 12.0. The Balaban J connectivity index is 3.30. The fourth-order valence-electron chi connectivity index (χ4n) is 1.70. The topological polar surface area (TPSA) is 75.1 Å². The lowest BCUT2D eigenvalue weighted by atomic mass is 10.0. The second-order valence-electron chi connectivity index (χ2n) is 6.83. The van der Waals surface area contributed by atoms with E-state index in [4.69, 9.17) is 21.6 Å². The number of halogens is 1. The molecule has 1 aromatic rings. The van der Waals surface area contributed by atoms with Crippen LogP contribution in [-0.4, -0.2) is 14.2 Å². The van der Waals surface area contributed by atoms with Gasteiger partial charge < -0.3 is 4.43 Å². The van der Waals surface area contributed by atoms with Gasteiger partial charge in [0, 0.05) is 15.5 Å². The van der Waals surface area contributed by atoms with Crippen LogP contribution in [0.1, 0.15) is 32.4 Å². The maximum Gasteiger partial charge on any atom is 0.247 e. The number of hydrogen-bond acceptors (Lipinski definition) is 2. The molecule has 1 atom stereocenters. The highest BCUT2D eigenvalue weighted by Gasteiger charge is 2.40. The van der Waals surface area contributed by atoms with E-state index in [-0.39, 0.29) is 10.6 Å². The normalized spacial score (nSPS) is 13.1. The first-order valence-corrected chi connectivity index (χ1v) is 10.5. The molecular formula is C16H22ClN3O2Si. The summed E-state index contributed by atoms with van der Waals surface area (Å²) in [5.41, 5.74) is 9.31. The van der Waals surface area contributed by atoms with Crippen molar-refractivity contribution in [3.8, 4) is 0 Å². The van der Waals surface area contributed by atoms with Gasteiger partial charge in [0.05, 0.1) is 6.10 Å². The number of carbonyl (C=O) groups is 1. The summed E-state index contributed by atoms with van der Waals surface area (Å²) >= 11 is 6.05. The minimum absolute atomic E-state index is 0.0500. The van der Waals surface area contributed by atoms with Crippen molar-refractivity contribution in [3.63, 3.8) is 0 Å². The number of azide groups is 1. The van der Waals surface area contributed by atoms with Crippen molar-refractivity contribution in [2.45, 2.75) is 45.0 Å². The summed E-state index contributed by atoms with van der Waals surface area (Å²) in [6, 6.07) is 7.07. The maximum absolute atomic E-state index is 12.0. The first-order valence-electron chi connectivity index (χ1n) is 7.21. The van der Waals surface area contributed by atoms with Gasteiger partial charge in [-0.25, -0.2) is 0 Å². The Morgan fingerprint density at radius 3 is 2.52 bits per heavy atom. The summed E-state index contributed by atoms with van der Waals surface area (Å²) in [5.74, 6) is -0.726. The molecule has 1 aromatic carbocycles. The van der Waals surface area contributed by atoms with Crippen molar-refractivity contribution >= 4 is 25.8 Å². The molecule has 0 heterocycles. The standard InChI is InChI=1S/C16H22ClN3O2Si/c1-11(15(21)19-20-18)14(12-8-7-9-13(17)10-12)22-23(5,6)16(2,3)4/h7-10,14H,1H2,2-6H3. The van der Waals surface area contributed by atoms with E-state index >= 15 is 0 Å². The van der Waals surface area contributed by atoms with Gasteiger partial charge in [-0.15, -0.1) is 0 Å². The fraction of sp³-hybridized carbons (Fsp3) is 0.438. The highest BCUT2D eigenvalue weighted by molar-refractivity contribution is 6.74. The average molecular weight is 352 g/mol. The van der Waals surface area contributed by atoms with E-state index in [9.17, 15) is 4.79 Å². The van der Waals surface area contributed by atoms with Gasteiger partial charge in [-0.1, -0.05) is 51.1 Å². The van der Waals surface area contributed by atoms with Crippen LogP contribution < -0.4 is 0 Å².